The molecule has 5 N–H and O–H groups in total. The predicted molar refractivity (Wildman–Crippen MR) is 111 cm³/mol. The number of amides is 2. The molecule has 0 heterocycles. The van der Waals surface area contributed by atoms with Crippen molar-refractivity contribution in [3.8, 4) is 0 Å². The first-order valence-electron chi connectivity index (χ1n) is 9.58. The van der Waals surface area contributed by atoms with Gasteiger partial charge in [-0.05, 0) is 31.4 Å². The molecule has 2 aromatic rings. The van der Waals surface area contributed by atoms with Crippen LogP contribution in [-0.2, 0) is 9.59 Å². The van der Waals surface area contributed by atoms with E-state index >= 15 is 0 Å². The van der Waals surface area contributed by atoms with Crippen LogP contribution in [0.15, 0.2) is 54.6 Å². The molecule has 2 aromatic carbocycles. The summed E-state index contributed by atoms with van der Waals surface area (Å²) in [4.78, 5) is 49.2. The van der Waals surface area contributed by atoms with Crippen LogP contribution in [0.5, 0.6) is 0 Å². The van der Waals surface area contributed by atoms with Crippen molar-refractivity contribution in [1.29, 1.82) is 0 Å². The molecule has 8 nitrogen and oxygen atoms in total. The Morgan fingerprint density at radius 3 is 2.00 bits per heavy atom. The van der Waals surface area contributed by atoms with Gasteiger partial charge in [-0.25, -0.2) is 0 Å². The number of unbranched alkanes of at least 4 members (excludes halogenated alkanes) is 1. The Bertz CT molecular complexity index is 897. The fourth-order valence-electron chi connectivity index (χ4n) is 2.88. The third kappa shape index (κ3) is 6.07. The fourth-order valence-corrected chi connectivity index (χ4v) is 2.88. The zero-order chi connectivity index (χ0) is 22.1. The highest BCUT2D eigenvalue weighted by atomic mass is 16.4. The summed E-state index contributed by atoms with van der Waals surface area (Å²) < 4.78 is 0. The van der Waals surface area contributed by atoms with Gasteiger partial charge in [0.25, 0.3) is 5.91 Å². The molecule has 0 radical (unpaired) electrons. The van der Waals surface area contributed by atoms with Gasteiger partial charge in [0.1, 0.15) is 6.04 Å². The molecule has 0 aromatic heterocycles. The van der Waals surface area contributed by atoms with Crippen molar-refractivity contribution >= 4 is 23.6 Å². The standard InChI is InChI=1S/C22H25N3O5/c23-14-19(26)25(13-5-4-8-18(24)22(29)30)21(28)17-11-9-16(10-12-17)20(27)15-6-2-1-3-7-15/h1-3,6-7,9-12,18H,4-5,8,13-14,23-24H2,(H,29,30)/t18-/m1/s1. The van der Waals surface area contributed by atoms with Crippen LogP contribution in [0, 0.1) is 0 Å². The highest BCUT2D eigenvalue weighted by Crippen LogP contribution is 2.13. The van der Waals surface area contributed by atoms with E-state index in [1.165, 1.54) is 12.1 Å². The topological polar surface area (TPSA) is 144 Å². The summed E-state index contributed by atoms with van der Waals surface area (Å²) in [5, 5.41) is 8.80. The molecule has 0 saturated carbocycles. The van der Waals surface area contributed by atoms with Crippen molar-refractivity contribution in [2.45, 2.75) is 25.3 Å². The van der Waals surface area contributed by atoms with Crippen molar-refractivity contribution in [2.24, 2.45) is 11.5 Å². The van der Waals surface area contributed by atoms with Gasteiger partial charge in [0, 0.05) is 23.2 Å². The molecule has 1 atom stereocenters. The first-order chi connectivity index (χ1) is 14.3. The van der Waals surface area contributed by atoms with Crippen LogP contribution in [0.2, 0.25) is 0 Å². The molecule has 8 heteroatoms. The highest BCUT2D eigenvalue weighted by Gasteiger charge is 2.22. The average Bonchev–Trinajstić information content (AvgIpc) is 2.78. The Balaban J connectivity index is 2.05. The maximum absolute atomic E-state index is 12.8. The van der Waals surface area contributed by atoms with Gasteiger partial charge in [0.15, 0.2) is 5.78 Å². The van der Waals surface area contributed by atoms with Crippen molar-refractivity contribution < 1.29 is 24.3 Å². The number of carboxylic acids is 1. The summed E-state index contributed by atoms with van der Waals surface area (Å²) >= 11 is 0. The molecular formula is C22H25N3O5. The molecule has 0 aliphatic rings. The monoisotopic (exact) mass is 411 g/mol. The second-order valence-corrected chi connectivity index (χ2v) is 6.77. The lowest BCUT2D eigenvalue weighted by atomic mass is 10.0. The molecule has 0 unspecified atom stereocenters. The van der Waals surface area contributed by atoms with Gasteiger partial charge in [-0.2, -0.15) is 0 Å². The number of carbonyl (C=O) groups is 4. The minimum Gasteiger partial charge on any atom is -0.480 e. The van der Waals surface area contributed by atoms with Crippen molar-refractivity contribution in [1.82, 2.24) is 4.90 Å². The zero-order valence-corrected chi connectivity index (χ0v) is 16.5. The lowest BCUT2D eigenvalue weighted by Crippen LogP contribution is -2.41. The van der Waals surface area contributed by atoms with Crippen LogP contribution in [-0.4, -0.2) is 52.7 Å². The van der Waals surface area contributed by atoms with E-state index in [0.29, 0.717) is 24.0 Å². The molecule has 30 heavy (non-hydrogen) atoms. The number of hydrogen-bond donors (Lipinski definition) is 3. The number of imide groups is 1. The van der Waals surface area contributed by atoms with E-state index in [2.05, 4.69) is 0 Å². The molecule has 0 spiro atoms. The van der Waals surface area contributed by atoms with E-state index in [1.807, 2.05) is 6.07 Å². The number of rotatable bonds is 10. The first kappa shape index (κ1) is 22.9. The molecule has 0 aliphatic heterocycles. The zero-order valence-electron chi connectivity index (χ0n) is 16.5. The Morgan fingerprint density at radius 1 is 0.867 bits per heavy atom. The number of hydrogen-bond acceptors (Lipinski definition) is 6. The predicted octanol–water partition coefficient (Wildman–Crippen LogP) is 1.43. The summed E-state index contributed by atoms with van der Waals surface area (Å²) in [5.41, 5.74) is 12.1. The number of nitrogens with two attached hydrogens (primary N) is 2. The number of aliphatic carboxylic acids is 1. The van der Waals surface area contributed by atoms with Gasteiger partial charge in [0.05, 0.1) is 6.54 Å². The van der Waals surface area contributed by atoms with Gasteiger partial charge < -0.3 is 16.6 Å². The maximum Gasteiger partial charge on any atom is 0.320 e. The molecule has 0 bridgehead atoms. The SMILES string of the molecule is NCC(=O)N(CCCC[C@@H](N)C(=O)O)C(=O)c1ccc(C(=O)c2ccccc2)cc1. The Hall–Kier alpha value is -3.36. The van der Waals surface area contributed by atoms with Crippen LogP contribution >= 0.6 is 0 Å². The molecule has 0 fully saturated rings. The van der Waals surface area contributed by atoms with Crippen LogP contribution in [0.4, 0.5) is 0 Å². The average molecular weight is 411 g/mol. The molecule has 2 rings (SSSR count). The van der Waals surface area contributed by atoms with Gasteiger partial charge in [-0.1, -0.05) is 42.5 Å². The molecular weight excluding hydrogens is 386 g/mol. The smallest absolute Gasteiger partial charge is 0.320 e. The number of nitrogens with zero attached hydrogens (tertiary/aromatic N) is 1. The van der Waals surface area contributed by atoms with E-state index in [1.54, 1.807) is 36.4 Å². The van der Waals surface area contributed by atoms with Crippen LogP contribution < -0.4 is 11.5 Å². The number of ketones is 1. The molecule has 0 saturated heterocycles. The van der Waals surface area contributed by atoms with Crippen molar-refractivity contribution in [3.05, 3.63) is 71.3 Å². The summed E-state index contributed by atoms with van der Waals surface area (Å²) in [6.07, 6.45) is 1.09. The Labute approximate surface area is 174 Å². The quantitative estimate of drug-likeness (QED) is 0.396. The van der Waals surface area contributed by atoms with Gasteiger partial charge in [-0.3, -0.25) is 24.1 Å². The second kappa shape index (κ2) is 11.0. The number of carbonyl (C=O) groups excluding carboxylic acids is 3. The van der Waals surface area contributed by atoms with Crippen molar-refractivity contribution in [3.63, 3.8) is 0 Å². The van der Waals surface area contributed by atoms with E-state index in [4.69, 9.17) is 16.6 Å². The van der Waals surface area contributed by atoms with Crippen molar-refractivity contribution in [2.75, 3.05) is 13.1 Å². The Kier molecular flexibility index (Phi) is 8.40. The van der Waals surface area contributed by atoms with Crippen LogP contribution in [0.1, 0.15) is 45.5 Å². The van der Waals surface area contributed by atoms with Gasteiger partial charge in [-0.15, -0.1) is 0 Å². The summed E-state index contributed by atoms with van der Waals surface area (Å²) in [5.74, 6) is -2.32. The first-order valence-corrected chi connectivity index (χ1v) is 9.58. The van der Waals surface area contributed by atoms with Gasteiger partial charge in [0.2, 0.25) is 5.91 Å². The second-order valence-electron chi connectivity index (χ2n) is 6.77. The maximum atomic E-state index is 12.8. The van der Waals surface area contributed by atoms with E-state index < -0.39 is 23.8 Å². The lowest BCUT2D eigenvalue weighted by Gasteiger charge is -2.20. The van der Waals surface area contributed by atoms with Gasteiger partial charge >= 0.3 is 5.97 Å². The van der Waals surface area contributed by atoms with E-state index in [-0.39, 0.29) is 30.9 Å². The van der Waals surface area contributed by atoms with Crippen LogP contribution in [0.25, 0.3) is 0 Å². The Morgan fingerprint density at radius 2 is 1.43 bits per heavy atom. The molecule has 2 amide bonds. The van der Waals surface area contributed by atoms with Crippen LogP contribution in [0.3, 0.4) is 0 Å². The minimum atomic E-state index is -1.09. The highest BCUT2D eigenvalue weighted by molar-refractivity contribution is 6.10. The number of benzene rings is 2. The molecule has 0 aliphatic carbocycles. The third-order valence-corrected chi connectivity index (χ3v) is 4.61. The fraction of sp³-hybridized carbons (Fsp3) is 0.273. The van der Waals surface area contributed by atoms with E-state index in [0.717, 1.165) is 4.90 Å². The largest absolute Gasteiger partial charge is 0.480 e. The molecule has 158 valence electrons. The summed E-state index contributed by atoms with van der Waals surface area (Å²) in [6.45, 7) is -0.225. The third-order valence-electron chi connectivity index (χ3n) is 4.61. The van der Waals surface area contributed by atoms with E-state index in [9.17, 15) is 19.2 Å². The summed E-state index contributed by atoms with van der Waals surface area (Å²) in [6, 6.07) is 13.9. The summed E-state index contributed by atoms with van der Waals surface area (Å²) in [7, 11) is 0. The number of carboxylic acid groups (broad SMARTS) is 1. The normalized spacial score (nSPS) is 11.5. The lowest BCUT2D eigenvalue weighted by molar-refractivity contribution is -0.138. The minimum absolute atomic E-state index is 0.103.